The summed E-state index contributed by atoms with van der Waals surface area (Å²) in [5, 5.41) is 23.8. The number of unbranched alkanes of at least 4 members (excludes halogenated alkanes) is 3. The van der Waals surface area contributed by atoms with Crippen LogP contribution in [0.5, 0.6) is 0 Å². The van der Waals surface area contributed by atoms with Crippen LogP contribution in [0.15, 0.2) is 0 Å². The summed E-state index contributed by atoms with van der Waals surface area (Å²) < 4.78 is 0. The van der Waals surface area contributed by atoms with E-state index in [1.165, 1.54) is 0 Å². The summed E-state index contributed by atoms with van der Waals surface area (Å²) in [5.41, 5.74) is -0.219. The summed E-state index contributed by atoms with van der Waals surface area (Å²) in [6.45, 7) is 2.62. The van der Waals surface area contributed by atoms with Crippen molar-refractivity contribution in [1.82, 2.24) is 10.6 Å². The van der Waals surface area contributed by atoms with Crippen molar-refractivity contribution in [3.05, 3.63) is 0 Å². The molecule has 94 valence electrons. The fourth-order valence-electron chi connectivity index (χ4n) is 1.97. The number of aliphatic hydroxyl groups excluding tert-OH is 1. The van der Waals surface area contributed by atoms with Crippen molar-refractivity contribution in [3.8, 4) is 0 Å². The van der Waals surface area contributed by atoms with Gasteiger partial charge in [0.05, 0.1) is 12.0 Å². The summed E-state index contributed by atoms with van der Waals surface area (Å²) >= 11 is 0. The fraction of sp³-hybridized carbons (Fsp3) is 0.909. The second kappa shape index (κ2) is 6.83. The molecule has 1 heterocycles. The van der Waals surface area contributed by atoms with Gasteiger partial charge in [-0.1, -0.05) is 12.8 Å². The largest absolute Gasteiger partial charge is 0.481 e. The van der Waals surface area contributed by atoms with Crippen LogP contribution in [0.25, 0.3) is 0 Å². The minimum absolute atomic E-state index is 0.191. The Morgan fingerprint density at radius 2 is 1.94 bits per heavy atom. The number of rotatable bonds is 9. The molecule has 0 aromatic carbocycles. The molecule has 0 aliphatic carbocycles. The van der Waals surface area contributed by atoms with E-state index in [0.717, 1.165) is 45.3 Å². The van der Waals surface area contributed by atoms with E-state index in [1.54, 1.807) is 0 Å². The van der Waals surface area contributed by atoms with Gasteiger partial charge in [-0.2, -0.15) is 0 Å². The fourth-order valence-corrected chi connectivity index (χ4v) is 1.97. The van der Waals surface area contributed by atoms with Crippen molar-refractivity contribution < 1.29 is 15.0 Å². The Kier molecular flexibility index (Phi) is 5.73. The first kappa shape index (κ1) is 13.4. The second-order valence-corrected chi connectivity index (χ2v) is 4.52. The molecule has 0 unspecified atom stereocenters. The van der Waals surface area contributed by atoms with Gasteiger partial charge in [-0.15, -0.1) is 0 Å². The van der Waals surface area contributed by atoms with Crippen LogP contribution in [-0.4, -0.2) is 48.0 Å². The number of hydrogen-bond donors (Lipinski definition) is 4. The third-order valence-corrected chi connectivity index (χ3v) is 3.00. The van der Waals surface area contributed by atoms with Crippen LogP contribution >= 0.6 is 0 Å². The number of aliphatic hydroxyl groups is 1. The van der Waals surface area contributed by atoms with Gasteiger partial charge < -0.3 is 20.8 Å². The van der Waals surface area contributed by atoms with E-state index in [2.05, 4.69) is 10.6 Å². The zero-order chi connectivity index (χ0) is 11.9. The molecule has 0 bridgehead atoms. The highest BCUT2D eigenvalue weighted by Crippen LogP contribution is 2.16. The third-order valence-electron chi connectivity index (χ3n) is 3.00. The first-order valence-electron chi connectivity index (χ1n) is 5.97. The predicted octanol–water partition coefficient (Wildman–Crippen LogP) is -0.0546. The summed E-state index contributed by atoms with van der Waals surface area (Å²) in [7, 11) is 0. The van der Waals surface area contributed by atoms with Crippen LogP contribution in [0, 0.1) is 0 Å². The molecular weight excluding hydrogens is 208 g/mol. The highest BCUT2D eigenvalue weighted by atomic mass is 16.4. The number of nitrogens with one attached hydrogen (secondary N) is 2. The lowest BCUT2D eigenvalue weighted by molar-refractivity contribution is -0.139. The van der Waals surface area contributed by atoms with Crippen molar-refractivity contribution >= 4 is 5.97 Å². The normalized spacial score (nSPS) is 18.1. The van der Waals surface area contributed by atoms with Crippen LogP contribution in [0.3, 0.4) is 0 Å². The maximum absolute atomic E-state index is 10.7. The molecule has 0 aromatic heterocycles. The lowest BCUT2D eigenvalue weighted by Crippen LogP contribution is -2.68. The summed E-state index contributed by atoms with van der Waals surface area (Å²) in [6.07, 6.45) is 4.23. The molecule has 5 nitrogen and oxygen atoms in total. The minimum atomic E-state index is -0.741. The number of carboxylic acid groups (broad SMARTS) is 1. The predicted molar refractivity (Wildman–Crippen MR) is 61.4 cm³/mol. The van der Waals surface area contributed by atoms with E-state index in [4.69, 9.17) is 10.2 Å². The van der Waals surface area contributed by atoms with Crippen molar-refractivity contribution in [2.45, 2.75) is 37.6 Å². The van der Waals surface area contributed by atoms with Crippen molar-refractivity contribution in [2.24, 2.45) is 0 Å². The van der Waals surface area contributed by atoms with E-state index in [9.17, 15) is 4.79 Å². The highest BCUT2D eigenvalue weighted by molar-refractivity contribution is 5.68. The number of carbonyl (C=O) groups is 1. The Balaban J connectivity index is 2.07. The van der Waals surface area contributed by atoms with Gasteiger partial charge in [0.15, 0.2) is 0 Å². The van der Waals surface area contributed by atoms with Gasteiger partial charge in [0.25, 0.3) is 0 Å². The molecular formula is C11H22N2O3. The lowest BCUT2D eigenvalue weighted by Gasteiger charge is -2.42. The van der Waals surface area contributed by atoms with Crippen molar-refractivity contribution in [2.75, 3.05) is 26.2 Å². The van der Waals surface area contributed by atoms with E-state index in [-0.39, 0.29) is 18.6 Å². The molecule has 0 aromatic rings. The van der Waals surface area contributed by atoms with Crippen molar-refractivity contribution in [1.29, 1.82) is 0 Å². The van der Waals surface area contributed by atoms with E-state index < -0.39 is 5.97 Å². The Labute approximate surface area is 96.2 Å². The average Bonchev–Trinajstić information content (AvgIpc) is 2.18. The van der Waals surface area contributed by atoms with E-state index in [1.807, 2.05) is 0 Å². The molecule has 0 radical (unpaired) electrons. The van der Waals surface area contributed by atoms with Crippen LogP contribution in [0.2, 0.25) is 0 Å². The highest BCUT2D eigenvalue weighted by Gasteiger charge is 2.38. The molecule has 1 fully saturated rings. The zero-order valence-corrected chi connectivity index (χ0v) is 9.67. The summed E-state index contributed by atoms with van der Waals surface area (Å²) in [4.78, 5) is 10.7. The van der Waals surface area contributed by atoms with E-state index >= 15 is 0 Å². The van der Waals surface area contributed by atoms with Gasteiger partial charge in [0.2, 0.25) is 0 Å². The standard InChI is InChI=1S/C11H22N2O3/c14-6-4-2-1-3-5-13-11(7-10(15)16)8-12-9-11/h12-14H,1-9H2,(H,15,16). The van der Waals surface area contributed by atoms with Gasteiger partial charge in [-0.25, -0.2) is 0 Å². The second-order valence-electron chi connectivity index (χ2n) is 4.52. The maximum Gasteiger partial charge on any atom is 0.305 e. The smallest absolute Gasteiger partial charge is 0.305 e. The molecule has 0 saturated carbocycles. The molecule has 1 rings (SSSR count). The number of carboxylic acids is 1. The number of aliphatic carboxylic acids is 1. The average molecular weight is 230 g/mol. The summed E-state index contributed by atoms with van der Waals surface area (Å²) in [6, 6.07) is 0. The van der Waals surface area contributed by atoms with Gasteiger partial charge >= 0.3 is 5.97 Å². The molecule has 0 atom stereocenters. The van der Waals surface area contributed by atoms with Gasteiger partial charge in [-0.05, 0) is 19.4 Å². The first-order chi connectivity index (χ1) is 7.68. The number of hydrogen-bond acceptors (Lipinski definition) is 4. The Morgan fingerprint density at radius 3 is 2.44 bits per heavy atom. The molecule has 0 spiro atoms. The molecule has 4 N–H and O–H groups in total. The first-order valence-corrected chi connectivity index (χ1v) is 5.97. The molecule has 0 amide bonds. The zero-order valence-electron chi connectivity index (χ0n) is 9.67. The molecule has 1 saturated heterocycles. The molecule has 1 aliphatic heterocycles. The topological polar surface area (TPSA) is 81.6 Å². The van der Waals surface area contributed by atoms with Gasteiger partial charge in [0, 0.05) is 19.7 Å². The molecule has 16 heavy (non-hydrogen) atoms. The lowest BCUT2D eigenvalue weighted by atomic mass is 9.88. The maximum atomic E-state index is 10.7. The van der Waals surface area contributed by atoms with Gasteiger partial charge in [-0.3, -0.25) is 4.79 Å². The minimum Gasteiger partial charge on any atom is -0.481 e. The third kappa shape index (κ3) is 4.47. The van der Waals surface area contributed by atoms with Crippen LogP contribution in [0.1, 0.15) is 32.1 Å². The van der Waals surface area contributed by atoms with Crippen LogP contribution < -0.4 is 10.6 Å². The summed E-state index contributed by atoms with van der Waals surface area (Å²) in [5.74, 6) is -0.741. The Morgan fingerprint density at radius 1 is 1.25 bits per heavy atom. The van der Waals surface area contributed by atoms with Crippen LogP contribution in [-0.2, 0) is 4.79 Å². The molecule has 5 heteroatoms. The monoisotopic (exact) mass is 230 g/mol. The molecule has 1 aliphatic rings. The Hall–Kier alpha value is -0.650. The van der Waals surface area contributed by atoms with E-state index in [0.29, 0.717) is 0 Å². The van der Waals surface area contributed by atoms with Crippen molar-refractivity contribution in [3.63, 3.8) is 0 Å². The van der Waals surface area contributed by atoms with Gasteiger partial charge in [0.1, 0.15) is 0 Å². The van der Waals surface area contributed by atoms with Crippen LogP contribution in [0.4, 0.5) is 0 Å². The Bertz CT molecular complexity index is 217. The SMILES string of the molecule is O=C(O)CC1(NCCCCCCO)CNC1. The quantitative estimate of drug-likeness (QED) is 0.417.